The summed E-state index contributed by atoms with van der Waals surface area (Å²) in [4.78, 5) is 23.2. The highest BCUT2D eigenvalue weighted by atomic mass is 35.5. The maximum atomic E-state index is 12.1. The number of ether oxygens (including phenoxy) is 2. The van der Waals surface area contributed by atoms with Crippen LogP contribution in [0.4, 0.5) is 0 Å². The molecule has 1 fully saturated rings. The number of rotatable bonds is 5. The summed E-state index contributed by atoms with van der Waals surface area (Å²) in [6.45, 7) is 0.306. The van der Waals surface area contributed by atoms with E-state index in [4.69, 9.17) is 32.7 Å². The van der Waals surface area contributed by atoms with Gasteiger partial charge in [-0.2, -0.15) is 0 Å². The molecule has 2 aromatic rings. The van der Waals surface area contributed by atoms with Crippen molar-refractivity contribution in [2.24, 2.45) is 0 Å². The number of nitrogens with one attached hydrogen (secondary N) is 1. The fraction of sp³-hybridized carbons (Fsp3) is 0.222. The van der Waals surface area contributed by atoms with E-state index in [1.165, 1.54) is 0 Å². The van der Waals surface area contributed by atoms with Crippen LogP contribution in [0.3, 0.4) is 0 Å². The number of cyclic esters (lactones) is 1. The standard InChI is InChI=1S/C18H15Cl2NO4/c19-14-2-1-3-15(17(14)20)24-12-6-4-11(5-7-12)18(23)21-10-13-8-9-16(22)25-13/h1-7,13H,8-10H2,(H,21,23). The van der Waals surface area contributed by atoms with Crippen molar-refractivity contribution >= 4 is 35.1 Å². The lowest BCUT2D eigenvalue weighted by molar-refractivity contribution is -0.141. The van der Waals surface area contributed by atoms with Crippen LogP contribution in [-0.2, 0) is 9.53 Å². The molecule has 1 saturated heterocycles. The van der Waals surface area contributed by atoms with Gasteiger partial charge in [-0.25, -0.2) is 0 Å². The van der Waals surface area contributed by atoms with E-state index in [1.54, 1.807) is 42.5 Å². The third kappa shape index (κ3) is 4.44. The Hall–Kier alpha value is -2.24. The van der Waals surface area contributed by atoms with Crippen molar-refractivity contribution in [1.82, 2.24) is 5.32 Å². The third-order valence-corrected chi connectivity index (χ3v) is 4.52. The van der Waals surface area contributed by atoms with Gasteiger partial charge in [0.2, 0.25) is 0 Å². The fourth-order valence-corrected chi connectivity index (χ4v) is 2.73. The summed E-state index contributed by atoms with van der Waals surface area (Å²) in [6.07, 6.45) is 0.786. The summed E-state index contributed by atoms with van der Waals surface area (Å²) in [6, 6.07) is 11.7. The second kappa shape index (κ2) is 7.76. The zero-order chi connectivity index (χ0) is 17.8. The van der Waals surface area contributed by atoms with Gasteiger partial charge in [0.15, 0.2) is 0 Å². The molecule has 0 radical (unpaired) electrons. The number of halogens is 2. The zero-order valence-electron chi connectivity index (χ0n) is 13.1. The lowest BCUT2D eigenvalue weighted by Gasteiger charge is -2.11. The first-order chi connectivity index (χ1) is 12.0. The molecule has 25 heavy (non-hydrogen) atoms. The second-order valence-electron chi connectivity index (χ2n) is 5.54. The highest BCUT2D eigenvalue weighted by Crippen LogP contribution is 2.34. The Balaban J connectivity index is 1.58. The van der Waals surface area contributed by atoms with Crippen molar-refractivity contribution in [3.05, 3.63) is 58.1 Å². The van der Waals surface area contributed by atoms with Crippen molar-refractivity contribution in [2.45, 2.75) is 18.9 Å². The van der Waals surface area contributed by atoms with Crippen molar-refractivity contribution < 1.29 is 19.1 Å². The van der Waals surface area contributed by atoms with Gasteiger partial charge in [0.05, 0.1) is 11.6 Å². The number of carbonyl (C=O) groups excluding carboxylic acids is 2. The predicted octanol–water partition coefficient (Wildman–Crippen LogP) is 4.22. The molecule has 2 aromatic carbocycles. The topological polar surface area (TPSA) is 64.6 Å². The molecule has 1 heterocycles. The number of carbonyl (C=O) groups is 2. The lowest BCUT2D eigenvalue weighted by atomic mass is 10.2. The lowest BCUT2D eigenvalue weighted by Crippen LogP contribution is -2.31. The first kappa shape index (κ1) is 17.6. The summed E-state index contributed by atoms with van der Waals surface area (Å²) in [5, 5.41) is 3.49. The van der Waals surface area contributed by atoms with E-state index in [1.807, 2.05) is 0 Å². The molecular weight excluding hydrogens is 365 g/mol. The molecule has 7 heteroatoms. The van der Waals surface area contributed by atoms with Gasteiger partial charge in [0.1, 0.15) is 22.6 Å². The molecule has 1 atom stereocenters. The predicted molar refractivity (Wildman–Crippen MR) is 94.4 cm³/mol. The van der Waals surface area contributed by atoms with E-state index >= 15 is 0 Å². The van der Waals surface area contributed by atoms with Crippen LogP contribution in [0.15, 0.2) is 42.5 Å². The fourth-order valence-electron chi connectivity index (χ4n) is 2.40. The number of hydrogen-bond acceptors (Lipinski definition) is 4. The average Bonchev–Trinajstić information content (AvgIpc) is 3.03. The van der Waals surface area contributed by atoms with Gasteiger partial charge in [-0.3, -0.25) is 9.59 Å². The highest BCUT2D eigenvalue weighted by molar-refractivity contribution is 6.42. The van der Waals surface area contributed by atoms with Crippen molar-refractivity contribution in [2.75, 3.05) is 6.54 Å². The van der Waals surface area contributed by atoms with E-state index in [-0.39, 0.29) is 18.0 Å². The summed E-state index contributed by atoms with van der Waals surface area (Å²) < 4.78 is 10.7. The van der Waals surface area contributed by atoms with Crippen molar-refractivity contribution in [3.8, 4) is 11.5 Å². The van der Waals surface area contributed by atoms with Crippen LogP contribution in [0.5, 0.6) is 11.5 Å². The van der Waals surface area contributed by atoms with E-state index in [0.29, 0.717) is 46.5 Å². The number of amides is 1. The summed E-state index contributed by atoms with van der Waals surface area (Å²) >= 11 is 12.0. The number of esters is 1. The molecule has 0 spiro atoms. The Morgan fingerprint density at radius 2 is 1.96 bits per heavy atom. The first-order valence-corrected chi connectivity index (χ1v) is 8.48. The Kier molecular flexibility index (Phi) is 5.46. The number of hydrogen-bond donors (Lipinski definition) is 1. The highest BCUT2D eigenvalue weighted by Gasteiger charge is 2.23. The van der Waals surface area contributed by atoms with Gasteiger partial charge < -0.3 is 14.8 Å². The molecular formula is C18H15Cl2NO4. The first-order valence-electron chi connectivity index (χ1n) is 7.72. The maximum Gasteiger partial charge on any atom is 0.306 e. The van der Waals surface area contributed by atoms with E-state index in [2.05, 4.69) is 5.32 Å². The van der Waals surface area contributed by atoms with E-state index in [9.17, 15) is 9.59 Å². The zero-order valence-corrected chi connectivity index (χ0v) is 14.6. The average molecular weight is 380 g/mol. The number of benzene rings is 2. The van der Waals surface area contributed by atoms with Crippen LogP contribution in [0, 0.1) is 0 Å². The molecule has 0 bridgehead atoms. The van der Waals surface area contributed by atoms with E-state index in [0.717, 1.165) is 0 Å². The summed E-state index contributed by atoms with van der Waals surface area (Å²) in [7, 11) is 0. The van der Waals surface area contributed by atoms with Crippen LogP contribution in [0.1, 0.15) is 23.2 Å². The van der Waals surface area contributed by atoms with Gasteiger partial charge >= 0.3 is 5.97 Å². The smallest absolute Gasteiger partial charge is 0.306 e. The molecule has 1 N–H and O–H groups in total. The van der Waals surface area contributed by atoms with Crippen molar-refractivity contribution in [1.29, 1.82) is 0 Å². The van der Waals surface area contributed by atoms with Crippen LogP contribution < -0.4 is 10.1 Å². The van der Waals surface area contributed by atoms with Crippen LogP contribution >= 0.6 is 23.2 Å². The van der Waals surface area contributed by atoms with Gasteiger partial charge in [-0.15, -0.1) is 0 Å². The van der Waals surface area contributed by atoms with Gasteiger partial charge in [-0.1, -0.05) is 29.3 Å². The minimum absolute atomic E-state index is 0.222. The molecule has 1 unspecified atom stereocenters. The molecule has 1 aliphatic rings. The normalized spacial score (nSPS) is 16.4. The molecule has 3 rings (SSSR count). The summed E-state index contributed by atoms with van der Waals surface area (Å²) in [5.41, 5.74) is 0.480. The quantitative estimate of drug-likeness (QED) is 0.789. The third-order valence-electron chi connectivity index (χ3n) is 3.72. The SMILES string of the molecule is O=C1CCC(CNC(=O)c2ccc(Oc3cccc(Cl)c3Cl)cc2)O1. The molecule has 0 aliphatic carbocycles. The van der Waals surface area contributed by atoms with Gasteiger partial charge in [0, 0.05) is 12.0 Å². The summed E-state index contributed by atoms with van der Waals surface area (Å²) in [5.74, 6) is 0.510. The Labute approximate surface area is 154 Å². The second-order valence-corrected chi connectivity index (χ2v) is 6.32. The van der Waals surface area contributed by atoms with Gasteiger partial charge in [-0.05, 0) is 42.8 Å². The van der Waals surface area contributed by atoms with E-state index < -0.39 is 0 Å². The van der Waals surface area contributed by atoms with Gasteiger partial charge in [0.25, 0.3) is 5.91 Å². The minimum Gasteiger partial charge on any atom is -0.460 e. The molecule has 5 nitrogen and oxygen atoms in total. The molecule has 130 valence electrons. The minimum atomic E-state index is -0.246. The van der Waals surface area contributed by atoms with Crippen LogP contribution in [0.25, 0.3) is 0 Å². The van der Waals surface area contributed by atoms with Crippen LogP contribution in [-0.4, -0.2) is 24.5 Å². The largest absolute Gasteiger partial charge is 0.460 e. The Morgan fingerprint density at radius 1 is 1.20 bits per heavy atom. The molecule has 1 amide bonds. The Morgan fingerprint density at radius 3 is 2.64 bits per heavy atom. The maximum absolute atomic E-state index is 12.1. The molecule has 1 aliphatic heterocycles. The molecule has 0 saturated carbocycles. The Bertz CT molecular complexity index is 792. The monoisotopic (exact) mass is 379 g/mol. The van der Waals surface area contributed by atoms with Crippen LogP contribution in [0.2, 0.25) is 10.0 Å². The van der Waals surface area contributed by atoms with Crippen molar-refractivity contribution in [3.63, 3.8) is 0 Å². The molecule has 0 aromatic heterocycles.